The predicted molar refractivity (Wildman–Crippen MR) is 95.1 cm³/mol. The summed E-state index contributed by atoms with van der Waals surface area (Å²) in [5, 5.41) is 5.91. The third kappa shape index (κ3) is 3.92. The Kier molecular flexibility index (Phi) is 5.22. The Morgan fingerprint density at radius 2 is 1.96 bits per heavy atom. The van der Waals surface area contributed by atoms with Gasteiger partial charge in [0.25, 0.3) is 5.91 Å². The average Bonchev–Trinajstić information content (AvgIpc) is 3.14. The van der Waals surface area contributed by atoms with E-state index >= 15 is 0 Å². The van der Waals surface area contributed by atoms with Crippen LogP contribution >= 0.6 is 0 Å². The molecule has 0 radical (unpaired) electrons. The van der Waals surface area contributed by atoms with E-state index in [2.05, 4.69) is 22.8 Å². The van der Waals surface area contributed by atoms with Crippen molar-refractivity contribution in [3.63, 3.8) is 0 Å². The number of amides is 2. The van der Waals surface area contributed by atoms with Crippen LogP contribution in [-0.2, 0) is 11.2 Å². The smallest absolute Gasteiger partial charge is 0.287 e. The van der Waals surface area contributed by atoms with Crippen LogP contribution in [0, 0.1) is 5.92 Å². The summed E-state index contributed by atoms with van der Waals surface area (Å²) in [6.45, 7) is 3.84. The van der Waals surface area contributed by atoms with Crippen molar-refractivity contribution in [2.75, 3.05) is 0 Å². The van der Waals surface area contributed by atoms with Crippen molar-refractivity contribution >= 4 is 11.8 Å². The first-order valence-corrected chi connectivity index (χ1v) is 8.79. The molecule has 2 amide bonds. The van der Waals surface area contributed by atoms with Gasteiger partial charge in [-0.25, -0.2) is 0 Å². The van der Waals surface area contributed by atoms with Gasteiger partial charge in [-0.2, -0.15) is 0 Å². The lowest BCUT2D eigenvalue weighted by atomic mass is 9.87. The second-order valence-electron chi connectivity index (χ2n) is 6.82. The molecule has 2 atom stereocenters. The maximum atomic E-state index is 12.8. The minimum absolute atomic E-state index is 0.000727. The zero-order chi connectivity index (χ0) is 17.8. The van der Waals surface area contributed by atoms with E-state index < -0.39 is 6.04 Å². The van der Waals surface area contributed by atoms with Gasteiger partial charge >= 0.3 is 0 Å². The first-order chi connectivity index (χ1) is 12.1. The van der Waals surface area contributed by atoms with E-state index in [0.717, 1.165) is 19.3 Å². The zero-order valence-electron chi connectivity index (χ0n) is 14.6. The number of fused-ring (bicyclic) bond motifs is 1. The van der Waals surface area contributed by atoms with Gasteiger partial charge in [0.15, 0.2) is 5.76 Å². The monoisotopic (exact) mass is 340 g/mol. The molecular weight excluding hydrogens is 316 g/mol. The lowest BCUT2D eigenvalue weighted by Gasteiger charge is -2.29. The summed E-state index contributed by atoms with van der Waals surface area (Å²) >= 11 is 0. The van der Waals surface area contributed by atoms with Crippen molar-refractivity contribution in [3.8, 4) is 0 Å². The fraction of sp³-hybridized carbons (Fsp3) is 0.400. The minimum Gasteiger partial charge on any atom is -0.459 e. The number of furan rings is 1. The fourth-order valence-electron chi connectivity index (χ4n) is 3.32. The number of hydrogen-bond acceptors (Lipinski definition) is 3. The highest BCUT2D eigenvalue weighted by Crippen LogP contribution is 2.29. The Labute approximate surface area is 147 Å². The number of carbonyl (C=O) groups excluding carboxylic acids is 2. The molecule has 1 aliphatic rings. The van der Waals surface area contributed by atoms with Crippen LogP contribution in [0.2, 0.25) is 0 Å². The maximum Gasteiger partial charge on any atom is 0.287 e. The molecule has 2 aromatic rings. The number of benzene rings is 1. The van der Waals surface area contributed by atoms with Crippen LogP contribution in [0.1, 0.15) is 54.4 Å². The van der Waals surface area contributed by atoms with Crippen molar-refractivity contribution in [2.24, 2.45) is 5.92 Å². The van der Waals surface area contributed by atoms with E-state index in [9.17, 15) is 9.59 Å². The number of rotatable bonds is 5. The molecule has 5 heteroatoms. The quantitative estimate of drug-likeness (QED) is 0.878. The molecule has 1 heterocycles. The van der Waals surface area contributed by atoms with Gasteiger partial charge in [-0.15, -0.1) is 0 Å². The molecule has 5 nitrogen and oxygen atoms in total. The van der Waals surface area contributed by atoms with E-state index in [0.29, 0.717) is 0 Å². The van der Waals surface area contributed by atoms with Crippen molar-refractivity contribution in [2.45, 2.75) is 45.2 Å². The van der Waals surface area contributed by atoms with E-state index in [1.54, 1.807) is 12.1 Å². The van der Waals surface area contributed by atoms with Gasteiger partial charge in [-0.1, -0.05) is 38.1 Å². The molecule has 0 aliphatic heterocycles. The molecule has 0 spiro atoms. The second kappa shape index (κ2) is 7.55. The topological polar surface area (TPSA) is 71.3 Å². The molecule has 0 unspecified atom stereocenters. The van der Waals surface area contributed by atoms with Crippen LogP contribution in [0.15, 0.2) is 47.1 Å². The fourth-order valence-corrected chi connectivity index (χ4v) is 3.32. The first kappa shape index (κ1) is 17.3. The number of nitrogens with one attached hydrogen (secondary N) is 2. The first-order valence-electron chi connectivity index (χ1n) is 8.79. The van der Waals surface area contributed by atoms with Crippen LogP contribution in [0.25, 0.3) is 0 Å². The highest BCUT2D eigenvalue weighted by molar-refractivity contribution is 5.95. The van der Waals surface area contributed by atoms with Crippen LogP contribution < -0.4 is 10.6 Å². The van der Waals surface area contributed by atoms with Gasteiger partial charge in [-0.3, -0.25) is 9.59 Å². The molecule has 0 fully saturated rings. The predicted octanol–water partition coefficient (Wildman–Crippen LogP) is 3.23. The normalized spacial score (nSPS) is 17.6. The zero-order valence-corrected chi connectivity index (χ0v) is 14.6. The number of carbonyl (C=O) groups is 2. The van der Waals surface area contributed by atoms with E-state index in [-0.39, 0.29) is 29.5 Å². The van der Waals surface area contributed by atoms with Crippen LogP contribution in [0.4, 0.5) is 0 Å². The molecule has 2 N–H and O–H groups in total. The second-order valence-corrected chi connectivity index (χ2v) is 6.82. The van der Waals surface area contributed by atoms with Gasteiger partial charge in [0, 0.05) is 0 Å². The summed E-state index contributed by atoms with van der Waals surface area (Å²) in [5.41, 5.74) is 2.47. The Morgan fingerprint density at radius 3 is 2.68 bits per heavy atom. The maximum absolute atomic E-state index is 12.8. The van der Waals surface area contributed by atoms with Crippen LogP contribution in [0.3, 0.4) is 0 Å². The summed E-state index contributed by atoms with van der Waals surface area (Å²) in [5.74, 6) is -0.348. The molecule has 3 rings (SSSR count). The van der Waals surface area contributed by atoms with Crippen LogP contribution in [0.5, 0.6) is 0 Å². The third-order valence-electron chi connectivity index (χ3n) is 4.67. The largest absolute Gasteiger partial charge is 0.459 e. The van der Waals surface area contributed by atoms with Gasteiger partial charge in [0.05, 0.1) is 12.3 Å². The highest BCUT2D eigenvalue weighted by atomic mass is 16.3. The number of hydrogen-bond donors (Lipinski definition) is 2. The Hall–Kier alpha value is -2.56. The van der Waals surface area contributed by atoms with Gasteiger partial charge in [-0.05, 0) is 48.4 Å². The average molecular weight is 340 g/mol. The van der Waals surface area contributed by atoms with Crippen molar-refractivity contribution in [1.29, 1.82) is 0 Å². The summed E-state index contributed by atoms with van der Waals surface area (Å²) in [7, 11) is 0. The lowest BCUT2D eigenvalue weighted by molar-refractivity contribution is -0.124. The molecule has 1 aliphatic carbocycles. The molecule has 25 heavy (non-hydrogen) atoms. The van der Waals surface area contributed by atoms with E-state index in [1.807, 2.05) is 26.0 Å². The van der Waals surface area contributed by atoms with E-state index in [4.69, 9.17) is 4.42 Å². The summed E-state index contributed by atoms with van der Waals surface area (Å²) < 4.78 is 5.11. The van der Waals surface area contributed by atoms with Crippen molar-refractivity contribution in [1.82, 2.24) is 10.6 Å². The van der Waals surface area contributed by atoms with Gasteiger partial charge in [0.1, 0.15) is 6.04 Å². The molecule has 1 aromatic heterocycles. The standard InChI is InChI=1S/C20H24N2O3/c1-13(2)18(22-19(23)17-11-6-12-25-17)20(24)21-16-10-5-8-14-7-3-4-9-15(14)16/h3-4,6-7,9,11-13,16,18H,5,8,10H2,1-2H3,(H,21,24)(H,22,23)/t16-,18+/m1/s1. The summed E-state index contributed by atoms with van der Waals surface area (Å²) in [6.07, 6.45) is 4.45. The molecule has 1 aromatic carbocycles. The molecule has 132 valence electrons. The third-order valence-corrected chi connectivity index (χ3v) is 4.67. The summed E-state index contributed by atoms with van der Waals surface area (Å²) in [6, 6.07) is 10.9. The van der Waals surface area contributed by atoms with Crippen molar-refractivity contribution in [3.05, 3.63) is 59.5 Å². The van der Waals surface area contributed by atoms with Gasteiger partial charge in [0.2, 0.25) is 5.91 Å². The minimum atomic E-state index is -0.605. The Bertz CT molecular complexity index is 737. The summed E-state index contributed by atoms with van der Waals surface area (Å²) in [4.78, 5) is 25.0. The molecule has 0 saturated heterocycles. The van der Waals surface area contributed by atoms with E-state index in [1.165, 1.54) is 17.4 Å². The Balaban J connectivity index is 1.71. The number of aryl methyl sites for hydroxylation is 1. The van der Waals surface area contributed by atoms with Crippen LogP contribution in [-0.4, -0.2) is 17.9 Å². The van der Waals surface area contributed by atoms with Crippen molar-refractivity contribution < 1.29 is 14.0 Å². The molecular formula is C20H24N2O3. The Morgan fingerprint density at radius 1 is 1.16 bits per heavy atom. The lowest BCUT2D eigenvalue weighted by Crippen LogP contribution is -2.50. The SMILES string of the molecule is CC(C)[C@H](NC(=O)c1ccco1)C(=O)N[C@@H]1CCCc2ccccc21. The molecule has 0 saturated carbocycles. The highest BCUT2D eigenvalue weighted by Gasteiger charge is 2.29. The molecule has 0 bridgehead atoms. The van der Waals surface area contributed by atoms with Gasteiger partial charge < -0.3 is 15.1 Å².